The van der Waals surface area contributed by atoms with E-state index in [1.807, 2.05) is 35.2 Å². The highest BCUT2D eigenvalue weighted by Gasteiger charge is 2.45. The Bertz CT molecular complexity index is 871. The van der Waals surface area contributed by atoms with Gasteiger partial charge in [-0.05, 0) is 47.1 Å². The van der Waals surface area contributed by atoms with Gasteiger partial charge in [0.05, 0.1) is 0 Å². The van der Waals surface area contributed by atoms with Crippen LogP contribution in [0.5, 0.6) is 0 Å². The normalized spacial score (nSPS) is 27.4. The SMILES string of the molecule is O=C([C@H](Cc1ccccc1)n1cnnn1)N1C[C@H]2C[C@@H](C1)[C@H]1CCCC(=O)N1C2. The molecule has 0 saturated carbocycles. The van der Waals surface area contributed by atoms with Gasteiger partial charge < -0.3 is 9.80 Å². The van der Waals surface area contributed by atoms with Crippen LogP contribution in [0.4, 0.5) is 0 Å². The average molecular weight is 394 g/mol. The van der Waals surface area contributed by atoms with E-state index in [0.29, 0.717) is 43.2 Å². The van der Waals surface area contributed by atoms with Gasteiger partial charge in [-0.25, -0.2) is 4.68 Å². The second kappa shape index (κ2) is 7.57. The Labute approximate surface area is 169 Å². The zero-order chi connectivity index (χ0) is 19.8. The van der Waals surface area contributed by atoms with Crippen LogP contribution < -0.4 is 0 Å². The van der Waals surface area contributed by atoms with Crippen molar-refractivity contribution >= 4 is 11.8 Å². The fourth-order valence-corrected chi connectivity index (χ4v) is 5.44. The number of aromatic nitrogens is 4. The van der Waals surface area contributed by atoms with Gasteiger partial charge in [0.1, 0.15) is 12.4 Å². The summed E-state index contributed by atoms with van der Waals surface area (Å²) in [5.41, 5.74) is 1.09. The van der Waals surface area contributed by atoms with Crippen LogP contribution in [0.2, 0.25) is 0 Å². The molecule has 3 fully saturated rings. The predicted molar refractivity (Wildman–Crippen MR) is 105 cm³/mol. The van der Waals surface area contributed by atoms with Gasteiger partial charge in [-0.15, -0.1) is 5.10 Å². The van der Waals surface area contributed by atoms with Gasteiger partial charge >= 0.3 is 0 Å². The van der Waals surface area contributed by atoms with E-state index >= 15 is 0 Å². The predicted octanol–water partition coefficient (Wildman–Crippen LogP) is 1.32. The van der Waals surface area contributed by atoms with Crippen LogP contribution in [0, 0.1) is 11.8 Å². The molecule has 1 aromatic carbocycles. The fraction of sp³-hybridized carbons (Fsp3) is 0.571. The molecule has 0 aliphatic carbocycles. The second-order valence-electron chi connectivity index (χ2n) is 8.61. The van der Waals surface area contributed by atoms with Crippen molar-refractivity contribution in [3.8, 4) is 0 Å². The lowest BCUT2D eigenvalue weighted by Crippen LogP contribution is -2.61. The first-order valence-corrected chi connectivity index (χ1v) is 10.5. The van der Waals surface area contributed by atoms with Gasteiger partial charge in [-0.1, -0.05) is 30.3 Å². The first-order valence-electron chi connectivity index (χ1n) is 10.5. The maximum absolute atomic E-state index is 13.6. The summed E-state index contributed by atoms with van der Waals surface area (Å²) in [6, 6.07) is 9.84. The lowest BCUT2D eigenvalue weighted by Gasteiger charge is -2.52. The van der Waals surface area contributed by atoms with Crippen molar-refractivity contribution in [3.63, 3.8) is 0 Å². The molecule has 0 radical (unpaired) electrons. The van der Waals surface area contributed by atoms with Crippen molar-refractivity contribution in [2.24, 2.45) is 11.8 Å². The number of hydrogen-bond acceptors (Lipinski definition) is 5. The maximum atomic E-state index is 13.6. The van der Waals surface area contributed by atoms with Crippen molar-refractivity contribution in [3.05, 3.63) is 42.2 Å². The Morgan fingerprint density at radius 3 is 2.83 bits per heavy atom. The van der Waals surface area contributed by atoms with Crippen LogP contribution in [-0.4, -0.2) is 67.5 Å². The topological polar surface area (TPSA) is 84.2 Å². The lowest BCUT2D eigenvalue weighted by atomic mass is 9.76. The lowest BCUT2D eigenvalue weighted by molar-refractivity contribution is -0.150. The summed E-state index contributed by atoms with van der Waals surface area (Å²) >= 11 is 0. The molecule has 152 valence electrons. The summed E-state index contributed by atoms with van der Waals surface area (Å²) in [6.07, 6.45) is 5.91. The number of carbonyl (C=O) groups is 2. The quantitative estimate of drug-likeness (QED) is 0.781. The first-order chi connectivity index (χ1) is 14.2. The third-order valence-corrected chi connectivity index (χ3v) is 6.73. The Hall–Kier alpha value is -2.77. The standard InChI is InChI=1S/C21H26N6O2/c28-20-8-4-7-18-17-9-16(12-26(18)20)11-25(13-17)21(29)19(27-14-22-23-24-27)10-15-5-2-1-3-6-15/h1-3,5-6,14,16-19H,4,7-13H2/t16-,17+,18-,19+/m1/s1. The van der Waals surface area contributed by atoms with Gasteiger partial charge in [0.2, 0.25) is 11.8 Å². The van der Waals surface area contributed by atoms with Gasteiger partial charge in [0, 0.05) is 38.5 Å². The van der Waals surface area contributed by atoms with E-state index in [2.05, 4.69) is 20.4 Å². The molecule has 0 spiro atoms. The molecule has 29 heavy (non-hydrogen) atoms. The van der Waals surface area contributed by atoms with Crippen LogP contribution in [-0.2, 0) is 16.0 Å². The number of tetrazole rings is 1. The van der Waals surface area contributed by atoms with Crippen molar-refractivity contribution in [1.82, 2.24) is 30.0 Å². The molecule has 2 amide bonds. The van der Waals surface area contributed by atoms with Crippen molar-refractivity contribution in [2.75, 3.05) is 19.6 Å². The van der Waals surface area contributed by atoms with E-state index in [4.69, 9.17) is 0 Å². The third-order valence-electron chi connectivity index (χ3n) is 6.73. The number of likely N-dealkylation sites (tertiary alicyclic amines) is 1. The third kappa shape index (κ3) is 3.52. The number of amides is 2. The van der Waals surface area contributed by atoms with Crippen molar-refractivity contribution in [1.29, 1.82) is 0 Å². The van der Waals surface area contributed by atoms with Crippen LogP contribution >= 0.6 is 0 Å². The van der Waals surface area contributed by atoms with Gasteiger partial charge in [-0.2, -0.15) is 0 Å². The molecule has 4 heterocycles. The number of piperidine rings is 3. The minimum atomic E-state index is -0.449. The van der Waals surface area contributed by atoms with Crippen LogP contribution in [0.25, 0.3) is 0 Å². The summed E-state index contributed by atoms with van der Waals surface area (Å²) in [5.74, 6) is 1.11. The van der Waals surface area contributed by atoms with Gasteiger partial charge in [0.15, 0.2) is 0 Å². The fourth-order valence-electron chi connectivity index (χ4n) is 5.44. The molecular formula is C21H26N6O2. The maximum Gasteiger partial charge on any atom is 0.247 e. The van der Waals surface area contributed by atoms with E-state index in [1.54, 1.807) is 4.68 Å². The van der Waals surface area contributed by atoms with E-state index in [-0.39, 0.29) is 5.91 Å². The summed E-state index contributed by atoms with van der Waals surface area (Å²) in [5, 5.41) is 11.5. The molecule has 8 nitrogen and oxygen atoms in total. The molecule has 3 aliphatic heterocycles. The minimum Gasteiger partial charge on any atom is -0.340 e. The van der Waals surface area contributed by atoms with E-state index in [1.165, 1.54) is 6.33 Å². The largest absolute Gasteiger partial charge is 0.340 e. The number of carbonyl (C=O) groups excluding carboxylic acids is 2. The summed E-state index contributed by atoms with van der Waals surface area (Å²) < 4.78 is 1.58. The smallest absolute Gasteiger partial charge is 0.247 e. The van der Waals surface area contributed by atoms with E-state index < -0.39 is 6.04 Å². The monoisotopic (exact) mass is 394 g/mol. The first kappa shape index (κ1) is 18.3. The Morgan fingerprint density at radius 1 is 1.17 bits per heavy atom. The highest BCUT2D eigenvalue weighted by atomic mass is 16.2. The van der Waals surface area contributed by atoms with Crippen LogP contribution in [0.1, 0.15) is 37.3 Å². The Kier molecular flexibility index (Phi) is 4.77. The average Bonchev–Trinajstić information content (AvgIpc) is 3.27. The van der Waals surface area contributed by atoms with Gasteiger partial charge in [0.25, 0.3) is 0 Å². The minimum absolute atomic E-state index is 0.0754. The van der Waals surface area contributed by atoms with Crippen molar-refractivity contribution in [2.45, 2.75) is 44.2 Å². The number of nitrogens with zero attached hydrogens (tertiary/aromatic N) is 6. The highest BCUT2D eigenvalue weighted by Crippen LogP contribution is 2.38. The highest BCUT2D eigenvalue weighted by molar-refractivity contribution is 5.81. The molecule has 8 heteroatoms. The molecule has 2 aromatic rings. The summed E-state index contributed by atoms with van der Waals surface area (Å²) in [7, 11) is 0. The molecular weight excluding hydrogens is 368 g/mol. The Morgan fingerprint density at radius 2 is 2.03 bits per heavy atom. The number of fused-ring (bicyclic) bond motifs is 4. The van der Waals surface area contributed by atoms with Crippen LogP contribution in [0.3, 0.4) is 0 Å². The molecule has 0 unspecified atom stereocenters. The van der Waals surface area contributed by atoms with Crippen molar-refractivity contribution < 1.29 is 9.59 Å². The van der Waals surface area contributed by atoms with E-state index in [9.17, 15) is 9.59 Å². The zero-order valence-corrected chi connectivity index (χ0v) is 16.4. The molecule has 3 saturated heterocycles. The molecule has 4 atom stereocenters. The summed E-state index contributed by atoms with van der Waals surface area (Å²) in [4.78, 5) is 30.1. The summed E-state index contributed by atoms with van der Waals surface area (Å²) in [6.45, 7) is 2.22. The van der Waals surface area contributed by atoms with Crippen LogP contribution in [0.15, 0.2) is 36.7 Å². The number of rotatable bonds is 4. The van der Waals surface area contributed by atoms with Gasteiger partial charge in [-0.3, -0.25) is 9.59 Å². The zero-order valence-electron chi connectivity index (χ0n) is 16.4. The number of hydrogen-bond donors (Lipinski definition) is 0. The van der Waals surface area contributed by atoms with E-state index in [0.717, 1.165) is 37.9 Å². The molecule has 1 aromatic heterocycles. The molecule has 0 N–H and O–H groups in total. The second-order valence-corrected chi connectivity index (χ2v) is 8.61. The molecule has 2 bridgehead atoms. The number of benzene rings is 1. The Balaban J connectivity index is 1.36. The molecule has 5 rings (SSSR count). The molecule has 3 aliphatic rings.